The summed E-state index contributed by atoms with van der Waals surface area (Å²) in [7, 11) is -3.40. The first-order valence-corrected chi connectivity index (χ1v) is 9.37. The molecule has 1 aromatic carbocycles. The molecule has 122 valence electrons. The van der Waals surface area contributed by atoms with E-state index in [2.05, 4.69) is 4.72 Å². The Balaban J connectivity index is 1.90. The zero-order valence-corrected chi connectivity index (χ0v) is 13.9. The quantitative estimate of drug-likeness (QED) is 0.869. The summed E-state index contributed by atoms with van der Waals surface area (Å²) in [6, 6.07) is 6.76. The molecular formula is C16H24N2O3S. The standard InChI is InChI=1S/C16H24N2O3S/c1-2-17-22(20,21)15-9-6-14(7-10-15)8-11-16(19)18-12-4-3-5-13-18/h6-7,9-10,17H,2-5,8,11-13H2,1H3. The lowest BCUT2D eigenvalue weighted by atomic mass is 10.1. The maximum absolute atomic E-state index is 12.1. The summed E-state index contributed by atoms with van der Waals surface area (Å²) in [4.78, 5) is 14.3. The summed E-state index contributed by atoms with van der Waals surface area (Å²) in [6.07, 6.45) is 4.55. The third-order valence-electron chi connectivity index (χ3n) is 3.90. The minimum Gasteiger partial charge on any atom is -0.343 e. The fourth-order valence-corrected chi connectivity index (χ4v) is 3.70. The molecule has 0 bridgehead atoms. The SMILES string of the molecule is CCNS(=O)(=O)c1ccc(CCC(=O)N2CCCCC2)cc1. The van der Waals surface area contributed by atoms with Crippen LogP contribution >= 0.6 is 0 Å². The Morgan fingerprint density at radius 2 is 1.77 bits per heavy atom. The Bertz CT molecular complexity index is 590. The van der Waals surface area contributed by atoms with Crippen LogP contribution in [0.5, 0.6) is 0 Å². The van der Waals surface area contributed by atoms with Crippen LogP contribution in [0.1, 0.15) is 38.2 Å². The molecule has 6 heteroatoms. The molecule has 0 aliphatic carbocycles. The van der Waals surface area contributed by atoms with Gasteiger partial charge in [0.15, 0.2) is 0 Å². The molecule has 1 heterocycles. The summed E-state index contributed by atoms with van der Waals surface area (Å²) in [5.74, 6) is 0.198. The number of amides is 1. The molecule has 0 aromatic heterocycles. The highest BCUT2D eigenvalue weighted by Gasteiger charge is 2.16. The van der Waals surface area contributed by atoms with Crippen LogP contribution in [-0.2, 0) is 21.2 Å². The molecule has 0 saturated carbocycles. The second-order valence-electron chi connectivity index (χ2n) is 5.59. The van der Waals surface area contributed by atoms with Crippen molar-refractivity contribution in [2.75, 3.05) is 19.6 Å². The van der Waals surface area contributed by atoms with Crippen molar-refractivity contribution in [2.24, 2.45) is 0 Å². The minimum absolute atomic E-state index is 0.198. The fourth-order valence-electron chi connectivity index (χ4n) is 2.66. The van der Waals surface area contributed by atoms with Gasteiger partial charge in [0.2, 0.25) is 15.9 Å². The van der Waals surface area contributed by atoms with Crippen LogP contribution in [0.15, 0.2) is 29.2 Å². The first kappa shape index (κ1) is 17.0. The van der Waals surface area contributed by atoms with Crippen molar-refractivity contribution >= 4 is 15.9 Å². The van der Waals surface area contributed by atoms with Crippen molar-refractivity contribution < 1.29 is 13.2 Å². The van der Waals surface area contributed by atoms with Crippen LogP contribution in [0.3, 0.4) is 0 Å². The van der Waals surface area contributed by atoms with E-state index in [1.165, 1.54) is 6.42 Å². The lowest BCUT2D eigenvalue weighted by molar-refractivity contribution is -0.132. The molecule has 0 atom stereocenters. The number of piperidine rings is 1. The molecule has 0 spiro atoms. The number of carbonyl (C=O) groups is 1. The summed E-state index contributed by atoms with van der Waals surface area (Å²) in [5, 5.41) is 0. The lowest BCUT2D eigenvalue weighted by Crippen LogP contribution is -2.35. The van der Waals surface area contributed by atoms with Gasteiger partial charge >= 0.3 is 0 Å². The van der Waals surface area contributed by atoms with E-state index >= 15 is 0 Å². The second-order valence-corrected chi connectivity index (χ2v) is 7.35. The zero-order valence-electron chi connectivity index (χ0n) is 13.0. The van der Waals surface area contributed by atoms with Crippen LogP contribution in [0.25, 0.3) is 0 Å². The molecule has 1 N–H and O–H groups in total. The number of nitrogens with zero attached hydrogens (tertiary/aromatic N) is 1. The highest BCUT2D eigenvalue weighted by molar-refractivity contribution is 7.89. The lowest BCUT2D eigenvalue weighted by Gasteiger charge is -2.26. The topological polar surface area (TPSA) is 66.5 Å². The molecule has 1 aliphatic heterocycles. The summed E-state index contributed by atoms with van der Waals surface area (Å²) < 4.78 is 26.2. The number of hydrogen-bond acceptors (Lipinski definition) is 3. The highest BCUT2D eigenvalue weighted by Crippen LogP contribution is 2.14. The fraction of sp³-hybridized carbons (Fsp3) is 0.562. The number of aryl methyl sites for hydroxylation is 1. The Morgan fingerprint density at radius 1 is 1.14 bits per heavy atom. The predicted molar refractivity (Wildman–Crippen MR) is 86.1 cm³/mol. The van der Waals surface area contributed by atoms with Crippen molar-refractivity contribution in [3.05, 3.63) is 29.8 Å². The van der Waals surface area contributed by atoms with Crippen LogP contribution in [-0.4, -0.2) is 38.9 Å². The number of sulfonamides is 1. The van der Waals surface area contributed by atoms with Gasteiger partial charge in [0.1, 0.15) is 0 Å². The number of likely N-dealkylation sites (tertiary alicyclic amines) is 1. The third kappa shape index (κ3) is 4.55. The molecular weight excluding hydrogens is 300 g/mol. The van der Waals surface area contributed by atoms with Gasteiger partial charge in [-0.05, 0) is 43.4 Å². The van der Waals surface area contributed by atoms with Crippen LogP contribution in [0.2, 0.25) is 0 Å². The molecule has 0 radical (unpaired) electrons. The molecule has 1 amide bonds. The van der Waals surface area contributed by atoms with Gasteiger partial charge < -0.3 is 4.90 Å². The number of hydrogen-bond donors (Lipinski definition) is 1. The molecule has 22 heavy (non-hydrogen) atoms. The first-order valence-electron chi connectivity index (χ1n) is 7.89. The van der Waals surface area contributed by atoms with Gasteiger partial charge in [-0.1, -0.05) is 19.1 Å². The van der Waals surface area contributed by atoms with Gasteiger partial charge in [-0.25, -0.2) is 13.1 Å². The van der Waals surface area contributed by atoms with Crippen molar-refractivity contribution in [2.45, 2.75) is 43.9 Å². The molecule has 1 saturated heterocycles. The predicted octanol–water partition coefficient (Wildman–Crippen LogP) is 1.93. The molecule has 1 aromatic rings. The van der Waals surface area contributed by atoms with Crippen molar-refractivity contribution in [3.8, 4) is 0 Å². The second kappa shape index (κ2) is 7.74. The van der Waals surface area contributed by atoms with E-state index in [1.807, 2.05) is 4.90 Å². The molecule has 1 fully saturated rings. The smallest absolute Gasteiger partial charge is 0.240 e. The summed E-state index contributed by atoms with van der Waals surface area (Å²) in [5.41, 5.74) is 0.987. The molecule has 0 unspecified atom stereocenters. The summed E-state index contributed by atoms with van der Waals surface area (Å²) >= 11 is 0. The monoisotopic (exact) mass is 324 g/mol. The van der Waals surface area contributed by atoms with Gasteiger partial charge in [-0.3, -0.25) is 4.79 Å². The average molecular weight is 324 g/mol. The van der Waals surface area contributed by atoms with E-state index in [9.17, 15) is 13.2 Å². The minimum atomic E-state index is -3.40. The summed E-state index contributed by atoms with van der Waals surface area (Å²) in [6.45, 7) is 3.87. The first-order chi connectivity index (χ1) is 10.5. The van der Waals surface area contributed by atoms with Crippen LogP contribution in [0, 0.1) is 0 Å². The van der Waals surface area contributed by atoms with Crippen LogP contribution < -0.4 is 4.72 Å². The molecule has 2 rings (SSSR count). The largest absolute Gasteiger partial charge is 0.343 e. The van der Waals surface area contributed by atoms with E-state index in [1.54, 1.807) is 31.2 Å². The normalized spacial score (nSPS) is 15.8. The maximum atomic E-state index is 12.1. The van der Waals surface area contributed by atoms with E-state index in [4.69, 9.17) is 0 Å². The molecule has 1 aliphatic rings. The van der Waals surface area contributed by atoms with E-state index in [0.29, 0.717) is 19.4 Å². The highest BCUT2D eigenvalue weighted by atomic mass is 32.2. The Hall–Kier alpha value is -1.40. The van der Waals surface area contributed by atoms with Gasteiger partial charge in [-0.2, -0.15) is 0 Å². The third-order valence-corrected chi connectivity index (χ3v) is 5.47. The van der Waals surface area contributed by atoms with E-state index in [-0.39, 0.29) is 10.8 Å². The zero-order chi connectivity index (χ0) is 16.0. The molecule has 5 nitrogen and oxygen atoms in total. The Morgan fingerprint density at radius 3 is 2.36 bits per heavy atom. The Kier molecular flexibility index (Phi) is 5.97. The van der Waals surface area contributed by atoms with Crippen molar-refractivity contribution in [1.82, 2.24) is 9.62 Å². The van der Waals surface area contributed by atoms with Crippen molar-refractivity contribution in [3.63, 3.8) is 0 Å². The Labute approximate surface area is 132 Å². The number of carbonyl (C=O) groups excluding carboxylic acids is 1. The number of nitrogens with one attached hydrogen (secondary N) is 1. The van der Waals surface area contributed by atoms with E-state index in [0.717, 1.165) is 31.5 Å². The van der Waals surface area contributed by atoms with Gasteiger partial charge in [-0.15, -0.1) is 0 Å². The number of rotatable bonds is 6. The van der Waals surface area contributed by atoms with Gasteiger partial charge in [0.05, 0.1) is 4.90 Å². The van der Waals surface area contributed by atoms with Crippen LogP contribution in [0.4, 0.5) is 0 Å². The van der Waals surface area contributed by atoms with Gasteiger partial charge in [0.25, 0.3) is 0 Å². The average Bonchev–Trinajstić information content (AvgIpc) is 2.54. The van der Waals surface area contributed by atoms with E-state index < -0.39 is 10.0 Å². The van der Waals surface area contributed by atoms with Gasteiger partial charge in [0, 0.05) is 26.1 Å². The van der Waals surface area contributed by atoms with Crippen molar-refractivity contribution in [1.29, 1.82) is 0 Å². The number of benzene rings is 1. The maximum Gasteiger partial charge on any atom is 0.240 e.